The van der Waals surface area contributed by atoms with Crippen LogP contribution in [0.3, 0.4) is 0 Å². The molecule has 1 N–H and O–H groups in total. The number of amides is 1. The van der Waals surface area contributed by atoms with Gasteiger partial charge < -0.3 is 5.32 Å². The summed E-state index contributed by atoms with van der Waals surface area (Å²) in [6.45, 7) is 5.83. The van der Waals surface area contributed by atoms with Crippen molar-refractivity contribution in [1.82, 2.24) is 9.97 Å². The van der Waals surface area contributed by atoms with Gasteiger partial charge in [0.2, 0.25) is 11.2 Å². The van der Waals surface area contributed by atoms with Crippen LogP contribution in [0.2, 0.25) is 5.28 Å². The van der Waals surface area contributed by atoms with Crippen LogP contribution in [0.1, 0.15) is 19.5 Å². The zero-order valence-corrected chi connectivity index (χ0v) is 10.8. The number of nitrogens with zero attached hydrogens (tertiary/aromatic N) is 2. The molecule has 0 fully saturated rings. The molecule has 1 aromatic rings. The van der Waals surface area contributed by atoms with E-state index in [0.717, 1.165) is 5.03 Å². The Kier molecular flexibility index (Phi) is 3.08. The van der Waals surface area contributed by atoms with E-state index >= 15 is 0 Å². The third-order valence-electron chi connectivity index (χ3n) is 2.38. The summed E-state index contributed by atoms with van der Waals surface area (Å²) in [7, 11) is 0. The van der Waals surface area contributed by atoms with Gasteiger partial charge in [0.25, 0.3) is 0 Å². The van der Waals surface area contributed by atoms with Gasteiger partial charge in [-0.3, -0.25) is 4.79 Å². The number of halogens is 1. The summed E-state index contributed by atoms with van der Waals surface area (Å²) in [5.41, 5.74) is 1.40. The highest BCUT2D eigenvalue weighted by atomic mass is 35.5. The summed E-state index contributed by atoms with van der Waals surface area (Å²) >= 11 is 7.25. The predicted molar refractivity (Wildman–Crippen MR) is 64.9 cm³/mol. The fraction of sp³-hybridized carbons (Fsp3) is 0.500. The van der Waals surface area contributed by atoms with Crippen molar-refractivity contribution in [1.29, 1.82) is 0 Å². The van der Waals surface area contributed by atoms with Crippen LogP contribution in [0.5, 0.6) is 0 Å². The minimum absolute atomic E-state index is 0.0153. The quantitative estimate of drug-likeness (QED) is 0.620. The molecule has 2 rings (SSSR count). The Morgan fingerprint density at radius 2 is 2.12 bits per heavy atom. The summed E-state index contributed by atoms with van der Waals surface area (Å²) in [6.07, 6.45) is 0. The van der Waals surface area contributed by atoms with E-state index in [9.17, 15) is 4.79 Å². The molecule has 6 heteroatoms. The van der Waals surface area contributed by atoms with Gasteiger partial charge in [0.1, 0.15) is 5.03 Å². The Morgan fingerprint density at radius 3 is 2.75 bits per heavy atom. The molecule has 1 amide bonds. The fourth-order valence-electron chi connectivity index (χ4n) is 1.55. The molecule has 86 valence electrons. The van der Waals surface area contributed by atoms with Crippen molar-refractivity contribution in [3.63, 3.8) is 0 Å². The van der Waals surface area contributed by atoms with Crippen molar-refractivity contribution in [2.75, 3.05) is 5.32 Å². The topological polar surface area (TPSA) is 54.9 Å². The number of thioether (sulfide) groups is 1. The van der Waals surface area contributed by atoms with Crippen molar-refractivity contribution >= 4 is 35.0 Å². The molecule has 1 unspecified atom stereocenters. The van der Waals surface area contributed by atoms with Crippen LogP contribution < -0.4 is 5.32 Å². The fourth-order valence-corrected chi connectivity index (χ4v) is 2.95. The number of fused-ring (bicyclic) bond motifs is 1. The molecule has 4 nitrogen and oxygen atoms in total. The molecule has 1 aliphatic heterocycles. The maximum Gasteiger partial charge on any atom is 0.238 e. The second kappa shape index (κ2) is 4.22. The zero-order chi connectivity index (χ0) is 11.9. The van der Waals surface area contributed by atoms with E-state index < -0.39 is 0 Å². The first-order chi connectivity index (χ1) is 7.49. The van der Waals surface area contributed by atoms with E-state index in [1.54, 1.807) is 0 Å². The first-order valence-corrected chi connectivity index (χ1v) is 6.26. The van der Waals surface area contributed by atoms with Gasteiger partial charge in [-0.25, -0.2) is 9.97 Å². The zero-order valence-electron chi connectivity index (χ0n) is 9.24. The monoisotopic (exact) mass is 257 g/mol. The number of hydrogen-bond donors (Lipinski definition) is 1. The van der Waals surface area contributed by atoms with Gasteiger partial charge in [-0.15, -0.1) is 0 Å². The second-order valence-electron chi connectivity index (χ2n) is 4.03. The number of carbonyl (C=O) groups is 1. The van der Waals surface area contributed by atoms with Gasteiger partial charge >= 0.3 is 0 Å². The lowest BCUT2D eigenvalue weighted by Crippen LogP contribution is -2.33. The molecule has 1 aromatic heterocycles. The third-order valence-corrected chi connectivity index (χ3v) is 4.08. The number of hydrogen-bond acceptors (Lipinski definition) is 4. The summed E-state index contributed by atoms with van der Waals surface area (Å²) < 4.78 is 0. The summed E-state index contributed by atoms with van der Waals surface area (Å²) in [6, 6.07) is 0. The van der Waals surface area contributed by atoms with Crippen LogP contribution in [0.25, 0.3) is 0 Å². The van der Waals surface area contributed by atoms with Crippen LogP contribution in [-0.4, -0.2) is 21.1 Å². The van der Waals surface area contributed by atoms with Gasteiger partial charge in [-0.05, 0) is 24.4 Å². The molecule has 0 aromatic carbocycles. The van der Waals surface area contributed by atoms with E-state index in [1.807, 2.05) is 20.8 Å². The van der Waals surface area contributed by atoms with Crippen LogP contribution >= 0.6 is 23.4 Å². The van der Waals surface area contributed by atoms with Gasteiger partial charge in [0.05, 0.1) is 16.6 Å². The molecule has 0 spiro atoms. The molecule has 0 bridgehead atoms. The number of rotatable bonds is 1. The molecular weight excluding hydrogens is 246 g/mol. The maximum atomic E-state index is 11.8. The van der Waals surface area contributed by atoms with Crippen molar-refractivity contribution in [2.24, 2.45) is 5.92 Å². The molecule has 16 heavy (non-hydrogen) atoms. The second-order valence-corrected chi connectivity index (χ2v) is 5.50. The van der Waals surface area contributed by atoms with Gasteiger partial charge in [-0.1, -0.05) is 25.6 Å². The lowest BCUT2D eigenvalue weighted by molar-refractivity contribution is -0.116. The van der Waals surface area contributed by atoms with E-state index in [1.165, 1.54) is 11.8 Å². The maximum absolute atomic E-state index is 11.8. The van der Waals surface area contributed by atoms with Crippen LogP contribution in [0.15, 0.2) is 5.03 Å². The number of aromatic nitrogens is 2. The smallest absolute Gasteiger partial charge is 0.238 e. The van der Waals surface area contributed by atoms with E-state index in [0.29, 0.717) is 11.4 Å². The molecule has 0 aliphatic carbocycles. The lowest BCUT2D eigenvalue weighted by Gasteiger charge is -2.26. The first-order valence-electron chi connectivity index (χ1n) is 5.00. The number of carbonyl (C=O) groups excluding carboxylic acids is 1. The van der Waals surface area contributed by atoms with E-state index in [4.69, 9.17) is 11.6 Å². The normalized spacial score (nSPS) is 19.6. The Labute approximate surface area is 103 Å². The third kappa shape index (κ3) is 2.01. The Balaban J connectivity index is 2.43. The first kappa shape index (κ1) is 11.7. The molecule has 0 radical (unpaired) electrons. The highest BCUT2D eigenvalue weighted by molar-refractivity contribution is 8.00. The highest BCUT2D eigenvalue weighted by Crippen LogP contribution is 2.38. The number of aryl methyl sites for hydroxylation is 1. The van der Waals surface area contributed by atoms with Crippen LogP contribution in [-0.2, 0) is 4.79 Å². The largest absolute Gasteiger partial charge is 0.321 e. The predicted octanol–water partition coefficient (Wildman–Crippen LogP) is 2.51. The number of anilines is 1. The summed E-state index contributed by atoms with van der Waals surface area (Å²) in [5.74, 6) is 0.272. The van der Waals surface area contributed by atoms with Gasteiger partial charge in [0, 0.05) is 0 Å². The molecule has 1 aliphatic rings. The average molecular weight is 258 g/mol. The van der Waals surface area contributed by atoms with Crippen LogP contribution in [0, 0.1) is 12.8 Å². The number of nitrogens with one attached hydrogen (secondary N) is 1. The van der Waals surface area contributed by atoms with Crippen molar-refractivity contribution < 1.29 is 4.79 Å². The SMILES string of the molecule is Cc1nc(Cl)nc2c1NC(=O)C(C(C)C)S2. The van der Waals surface area contributed by atoms with E-state index in [-0.39, 0.29) is 22.4 Å². The van der Waals surface area contributed by atoms with Gasteiger partial charge in [-0.2, -0.15) is 0 Å². The Morgan fingerprint density at radius 1 is 1.44 bits per heavy atom. The summed E-state index contributed by atoms with van der Waals surface area (Å²) in [5, 5.41) is 3.71. The highest BCUT2D eigenvalue weighted by Gasteiger charge is 2.31. The summed E-state index contributed by atoms with van der Waals surface area (Å²) in [4.78, 5) is 20.0. The lowest BCUT2D eigenvalue weighted by atomic mass is 10.1. The molecule has 2 heterocycles. The minimum atomic E-state index is -0.113. The molecular formula is C10H12ClN3OS. The average Bonchev–Trinajstić information content (AvgIpc) is 2.18. The molecule has 0 saturated carbocycles. The molecule has 0 saturated heterocycles. The van der Waals surface area contributed by atoms with Gasteiger partial charge in [0.15, 0.2) is 0 Å². The van der Waals surface area contributed by atoms with Crippen LogP contribution in [0.4, 0.5) is 5.69 Å². The Bertz CT molecular complexity index is 450. The van der Waals surface area contributed by atoms with Crippen molar-refractivity contribution in [2.45, 2.75) is 31.0 Å². The molecule has 1 atom stereocenters. The van der Waals surface area contributed by atoms with Crippen molar-refractivity contribution in [3.05, 3.63) is 11.0 Å². The van der Waals surface area contributed by atoms with Crippen molar-refractivity contribution in [3.8, 4) is 0 Å². The minimum Gasteiger partial charge on any atom is -0.321 e. The van der Waals surface area contributed by atoms with E-state index in [2.05, 4.69) is 15.3 Å². The Hall–Kier alpha value is -0.810. The standard InChI is InChI=1S/C10H12ClN3OS/c1-4(2)7-8(15)13-6-5(3)12-10(11)14-9(6)16-7/h4,7H,1-3H3,(H,13,15).